The number of carbonyl (C=O) groups is 2. The second kappa shape index (κ2) is 7.28. The van der Waals surface area contributed by atoms with Crippen molar-refractivity contribution in [1.29, 1.82) is 0 Å². The average molecular weight is 377 g/mol. The highest BCUT2D eigenvalue weighted by molar-refractivity contribution is 7.07. The lowest BCUT2D eigenvalue weighted by Gasteiger charge is -2.37. The first-order valence-electron chi connectivity index (χ1n) is 8.02. The maximum Gasteiger partial charge on any atom is 0.305 e. The first kappa shape index (κ1) is 18.1. The lowest BCUT2D eigenvalue weighted by atomic mass is 9.89. The molecule has 1 N–H and O–H groups in total. The first-order chi connectivity index (χ1) is 12.5. The number of hydrogen-bond donors (Lipinski definition) is 1. The summed E-state index contributed by atoms with van der Waals surface area (Å²) in [6.45, 7) is 2.13. The molecule has 2 aromatic rings. The Hall–Kier alpha value is -2.68. The Kier molecular flexibility index (Phi) is 5.08. The SMILES string of the molecule is COc1cc2c(cc1OC)C(CC(=O)O)N(C(=O)c1snnc1C)CC2. The molecule has 8 nitrogen and oxygen atoms in total. The van der Waals surface area contributed by atoms with Gasteiger partial charge in [-0.1, -0.05) is 4.49 Å². The molecule has 0 spiro atoms. The molecule has 1 aromatic carbocycles. The highest BCUT2D eigenvalue weighted by Crippen LogP contribution is 2.40. The van der Waals surface area contributed by atoms with Gasteiger partial charge in [0.1, 0.15) is 4.88 Å². The molecule has 26 heavy (non-hydrogen) atoms. The van der Waals surface area contributed by atoms with Crippen LogP contribution in [0, 0.1) is 6.92 Å². The number of fused-ring (bicyclic) bond motifs is 1. The molecule has 2 heterocycles. The van der Waals surface area contributed by atoms with E-state index >= 15 is 0 Å². The van der Waals surface area contributed by atoms with E-state index in [4.69, 9.17) is 9.47 Å². The Morgan fingerprint density at radius 1 is 1.31 bits per heavy atom. The topological polar surface area (TPSA) is 102 Å². The van der Waals surface area contributed by atoms with Gasteiger partial charge in [0.05, 0.1) is 32.4 Å². The van der Waals surface area contributed by atoms with Crippen molar-refractivity contribution in [3.63, 3.8) is 0 Å². The summed E-state index contributed by atoms with van der Waals surface area (Å²) in [4.78, 5) is 26.5. The van der Waals surface area contributed by atoms with Gasteiger partial charge in [0.25, 0.3) is 5.91 Å². The fourth-order valence-electron chi connectivity index (χ4n) is 3.21. The molecular formula is C17H19N3O5S. The molecule has 1 aliphatic rings. The number of carbonyl (C=O) groups excluding carboxylic acids is 1. The van der Waals surface area contributed by atoms with Crippen molar-refractivity contribution >= 4 is 23.4 Å². The van der Waals surface area contributed by atoms with Gasteiger partial charge in [0.2, 0.25) is 0 Å². The number of benzene rings is 1. The molecule has 0 saturated carbocycles. The number of rotatable bonds is 5. The molecule has 0 aliphatic carbocycles. The third-order valence-corrected chi connectivity index (χ3v) is 5.29. The third-order valence-electron chi connectivity index (χ3n) is 4.48. The van der Waals surface area contributed by atoms with Gasteiger partial charge in [-0.2, -0.15) is 0 Å². The Balaban J connectivity index is 2.05. The fraction of sp³-hybridized carbons (Fsp3) is 0.412. The van der Waals surface area contributed by atoms with Gasteiger partial charge in [-0.3, -0.25) is 9.59 Å². The molecule has 0 bridgehead atoms. The van der Waals surface area contributed by atoms with Crippen LogP contribution in [0.5, 0.6) is 11.5 Å². The van der Waals surface area contributed by atoms with Crippen LogP contribution in [0.25, 0.3) is 0 Å². The number of hydrogen-bond acceptors (Lipinski definition) is 7. The molecule has 9 heteroatoms. The molecule has 138 valence electrons. The minimum atomic E-state index is -0.977. The molecule has 0 saturated heterocycles. The minimum Gasteiger partial charge on any atom is -0.493 e. The number of aliphatic carboxylic acids is 1. The van der Waals surface area contributed by atoms with E-state index in [1.165, 1.54) is 7.11 Å². The molecule has 1 atom stereocenters. The molecule has 1 aromatic heterocycles. The summed E-state index contributed by atoms with van der Waals surface area (Å²) in [6, 6.07) is 3.02. The van der Waals surface area contributed by atoms with Crippen LogP contribution < -0.4 is 9.47 Å². The van der Waals surface area contributed by atoms with Crippen LogP contribution in [-0.2, 0) is 11.2 Å². The Morgan fingerprint density at radius 3 is 2.58 bits per heavy atom. The minimum absolute atomic E-state index is 0.195. The number of nitrogens with zero attached hydrogens (tertiary/aromatic N) is 3. The summed E-state index contributed by atoms with van der Waals surface area (Å²) < 4.78 is 14.5. The van der Waals surface area contributed by atoms with E-state index in [0.717, 1.165) is 22.7 Å². The van der Waals surface area contributed by atoms with E-state index in [1.54, 1.807) is 25.0 Å². The predicted molar refractivity (Wildman–Crippen MR) is 93.9 cm³/mol. The van der Waals surface area contributed by atoms with Gasteiger partial charge in [0.15, 0.2) is 11.5 Å². The lowest BCUT2D eigenvalue weighted by molar-refractivity contribution is -0.138. The first-order valence-corrected chi connectivity index (χ1v) is 8.80. The summed E-state index contributed by atoms with van der Waals surface area (Å²) in [5, 5.41) is 13.3. The average Bonchev–Trinajstić information content (AvgIpc) is 3.05. The smallest absolute Gasteiger partial charge is 0.305 e. The second-order valence-electron chi connectivity index (χ2n) is 5.96. The van der Waals surface area contributed by atoms with Crippen LogP contribution in [0.2, 0.25) is 0 Å². The van der Waals surface area contributed by atoms with Crippen LogP contribution in [-0.4, -0.2) is 52.2 Å². The van der Waals surface area contributed by atoms with Gasteiger partial charge in [-0.25, -0.2) is 0 Å². The normalized spacial score (nSPS) is 16.1. The predicted octanol–water partition coefficient (Wildman–Crippen LogP) is 2.08. The zero-order chi connectivity index (χ0) is 18.8. The Labute approximate surface area is 154 Å². The molecule has 0 fully saturated rings. The zero-order valence-corrected chi connectivity index (χ0v) is 15.5. The molecule has 1 amide bonds. The summed E-state index contributed by atoms with van der Waals surface area (Å²) >= 11 is 1.02. The van der Waals surface area contributed by atoms with Crippen molar-refractivity contribution in [1.82, 2.24) is 14.5 Å². The molecule has 3 rings (SSSR count). The number of ether oxygens (including phenoxy) is 2. The van der Waals surface area contributed by atoms with Crippen LogP contribution in [0.3, 0.4) is 0 Å². The number of carboxylic acids is 1. The summed E-state index contributed by atoms with van der Waals surface area (Å²) in [6.07, 6.45) is 0.405. The van der Waals surface area contributed by atoms with E-state index in [0.29, 0.717) is 35.0 Å². The van der Waals surface area contributed by atoms with Crippen molar-refractivity contribution in [3.05, 3.63) is 33.8 Å². The van der Waals surface area contributed by atoms with Crippen LogP contribution in [0.1, 0.15) is 39.0 Å². The molecule has 1 aliphatic heterocycles. The Morgan fingerprint density at radius 2 is 2.00 bits per heavy atom. The van der Waals surface area contributed by atoms with Crippen LogP contribution >= 0.6 is 11.5 Å². The number of methoxy groups -OCH3 is 2. The number of carboxylic acid groups (broad SMARTS) is 1. The van der Waals surface area contributed by atoms with E-state index < -0.39 is 12.0 Å². The highest BCUT2D eigenvalue weighted by atomic mass is 32.1. The zero-order valence-electron chi connectivity index (χ0n) is 14.7. The van der Waals surface area contributed by atoms with Gasteiger partial charge in [-0.15, -0.1) is 5.10 Å². The molecular weight excluding hydrogens is 358 g/mol. The molecule has 1 unspecified atom stereocenters. The van der Waals surface area contributed by atoms with Crippen LogP contribution in [0.15, 0.2) is 12.1 Å². The summed E-state index contributed by atoms with van der Waals surface area (Å²) in [5.41, 5.74) is 2.27. The van der Waals surface area contributed by atoms with E-state index in [9.17, 15) is 14.7 Å². The maximum absolute atomic E-state index is 13.0. The van der Waals surface area contributed by atoms with Crippen molar-refractivity contribution in [3.8, 4) is 11.5 Å². The van der Waals surface area contributed by atoms with Crippen molar-refractivity contribution in [2.45, 2.75) is 25.8 Å². The van der Waals surface area contributed by atoms with Gasteiger partial charge in [0, 0.05) is 6.54 Å². The van der Waals surface area contributed by atoms with E-state index in [2.05, 4.69) is 9.59 Å². The highest BCUT2D eigenvalue weighted by Gasteiger charge is 2.35. The monoisotopic (exact) mass is 377 g/mol. The maximum atomic E-state index is 13.0. The van der Waals surface area contributed by atoms with E-state index in [-0.39, 0.29) is 12.3 Å². The number of aryl methyl sites for hydroxylation is 1. The standard InChI is InChI=1S/C17H19N3O5S/c1-9-16(26-19-18-9)17(23)20-5-4-10-6-13(24-2)14(25-3)7-11(10)12(20)8-15(21)22/h6-7,12H,4-5,8H2,1-3H3,(H,21,22). The molecule has 0 radical (unpaired) electrons. The van der Waals surface area contributed by atoms with Gasteiger partial charge < -0.3 is 19.5 Å². The summed E-state index contributed by atoms with van der Waals surface area (Å²) in [5.74, 6) is -0.132. The van der Waals surface area contributed by atoms with Crippen molar-refractivity contribution < 1.29 is 24.2 Å². The van der Waals surface area contributed by atoms with Crippen molar-refractivity contribution in [2.24, 2.45) is 0 Å². The number of aromatic nitrogens is 2. The Bertz CT molecular complexity index is 851. The third kappa shape index (κ3) is 3.22. The quantitative estimate of drug-likeness (QED) is 0.851. The van der Waals surface area contributed by atoms with Crippen LogP contribution in [0.4, 0.5) is 0 Å². The second-order valence-corrected chi connectivity index (χ2v) is 6.71. The largest absolute Gasteiger partial charge is 0.493 e. The lowest BCUT2D eigenvalue weighted by Crippen LogP contribution is -2.41. The van der Waals surface area contributed by atoms with Crippen molar-refractivity contribution in [2.75, 3.05) is 20.8 Å². The van der Waals surface area contributed by atoms with E-state index in [1.807, 2.05) is 6.07 Å². The number of amides is 1. The summed E-state index contributed by atoms with van der Waals surface area (Å²) in [7, 11) is 3.08. The van der Waals surface area contributed by atoms with Gasteiger partial charge >= 0.3 is 5.97 Å². The van der Waals surface area contributed by atoms with Gasteiger partial charge in [-0.05, 0) is 48.1 Å². The fourth-order valence-corrected chi connectivity index (χ4v) is 3.83.